The summed E-state index contributed by atoms with van der Waals surface area (Å²) in [6.45, 7) is 0.971. The molecule has 0 atom stereocenters. The van der Waals surface area contributed by atoms with Gasteiger partial charge in [0.15, 0.2) is 0 Å². The van der Waals surface area contributed by atoms with Gasteiger partial charge >= 0.3 is 6.18 Å². The Morgan fingerprint density at radius 1 is 1.30 bits per heavy atom. The minimum atomic E-state index is -4.39. The second-order valence-corrected chi connectivity index (χ2v) is 6.71. The minimum Gasteiger partial charge on any atom is -0.207 e. The lowest BCUT2D eigenvalue weighted by atomic mass is 10.2. The molecule has 0 fully saturated rings. The van der Waals surface area contributed by atoms with E-state index in [4.69, 9.17) is 11.6 Å². The largest absolute Gasteiger partial charge is 0.390 e. The third-order valence-electron chi connectivity index (χ3n) is 2.81. The van der Waals surface area contributed by atoms with Crippen LogP contribution in [0.5, 0.6) is 0 Å². The van der Waals surface area contributed by atoms with Crippen LogP contribution in [0.2, 0.25) is 0 Å². The lowest BCUT2D eigenvalue weighted by Gasteiger charge is -2.19. The van der Waals surface area contributed by atoms with E-state index in [0.29, 0.717) is 15.4 Å². The molecule has 0 aliphatic carbocycles. The predicted octanol–water partition coefficient (Wildman–Crippen LogP) is 3.31. The molecule has 0 aliphatic heterocycles. The van der Waals surface area contributed by atoms with Crippen molar-refractivity contribution in [3.05, 3.63) is 29.3 Å². The smallest absolute Gasteiger partial charge is 0.207 e. The minimum absolute atomic E-state index is 0.0136. The molecule has 0 heterocycles. The fraction of sp³-hybridized carbons (Fsp3) is 0.500. The molecule has 1 aromatic carbocycles. The Kier molecular flexibility index (Phi) is 5.46. The van der Waals surface area contributed by atoms with Crippen LogP contribution < -0.4 is 0 Å². The molecule has 3 nitrogen and oxygen atoms in total. The zero-order valence-corrected chi connectivity index (χ0v) is 12.6. The summed E-state index contributed by atoms with van der Waals surface area (Å²) < 4.78 is 61.7. The molecular formula is C12H15ClF3NO2S. The van der Waals surface area contributed by atoms with E-state index in [2.05, 4.69) is 0 Å². The van der Waals surface area contributed by atoms with Gasteiger partial charge in [0, 0.05) is 19.5 Å². The molecule has 20 heavy (non-hydrogen) atoms. The molecular weight excluding hydrogens is 315 g/mol. The number of nitrogens with zero attached hydrogens (tertiary/aromatic N) is 1. The SMILES string of the molecule is Cc1ccc(CCl)cc1S(=O)(=O)N(C)CCC(F)(F)F. The molecule has 0 bridgehead atoms. The first kappa shape index (κ1) is 17.3. The van der Waals surface area contributed by atoms with Gasteiger partial charge in [0.25, 0.3) is 0 Å². The van der Waals surface area contributed by atoms with Crippen molar-refractivity contribution >= 4 is 21.6 Å². The molecule has 0 spiro atoms. The van der Waals surface area contributed by atoms with Gasteiger partial charge in [-0.05, 0) is 24.1 Å². The number of aryl methyl sites for hydroxylation is 1. The summed E-state index contributed by atoms with van der Waals surface area (Å²) in [5.41, 5.74) is 1.07. The van der Waals surface area contributed by atoms with Gasteiger partial charge in [0.2, 0.25) is 10.0 Å². The highest BCUT2D eigenvalue weighted by Crippen LogP contribution is 2.24. The average molecular weight is 330 g/mol. The van der Waals surface area contributed by atoms with Crippen molar-refractivity contribution in [2.75, 3.05) is 13.6 Å². The second kappa shape index (κ2) is 6.32. The lowest BCUT2D eigenvalue weighted by Crippen LogP contribution is -2.31. The fourth-order valence-electron chi connectivity index (χ4n) is 1.58. The van der Waals surface area contributed by atoms with Gasteiger partial charge in [-0.1, -0.05) is 12.1 Å². The first-order valence-electron chi connectivity index (χ1n) is 5.76. The fourth-order valence-corrected chi connectivity index (χ4v) is 3.19. The van der Waals surface area contributed by atoms with Gasteiger partial charge < -0.3 is 0 Å². The van der Waals surface area contributed by atoms with Gasteiger partial charge in [-0.15, -0.1) is 11.6 Å². The first-order valence-corrected chi connectivity index (χ1v) is 7.74. The Labute approximate surface area is 121 Å². The van der Waals surface area contributed by atoms with Gasteiger partial charge in [0.05, 0.1) is 11.3 Å². The van der Waals surface area contributed by atoms with Gasteiger partial charge in [-0.25, -0.2) is 12.7 Å². The van der Waals surface area contributed by atoms with E-state index in [-0.39, 0.29) is 10.8 Å². The van der Waals surface area contributed by atoms with E-state index >= 15 is 0 Å². The molecule has 0 N–H and O–H groups in total. The van der Waals surface area contributed by atoms with E-state index < -0.39 is 29.2 Å². The summed E-state index contributed by atoms with van der Waals surface area (Å²) >= 11 is 5.64. The molecule has 0 radical (unpaired) electrons. The van der Waals surface area contributed by atoms with Crippen molar-refractivity contribution in [3.8, 4) is 0 Å². The number of rotatable bonds is 5. The van der Waals surface area contributed by atoms with Crippen molar-refractivity contribution in [1.82, 2.24) is 4.31 Å². The molecule has 0 saturated heterocycles. The van der Waals surface area contributed by atoms with Gasteiger partial charge in [0.1, 0.15) is 0 Å². The van der Waals surface area contributed by atoms with Crippen LogP contribution in [0.3, 0.4) is 0 Å². The molecule has 114 valence electrons. The van der Waals surface area contributed by atoms with Crippen LogP contribution in [-0.4, -0.2) is 32.5 Å². The molecule has 1 aromatic rings. The van der Waals surface area contributed by atoms with E-state index in [9.17, 15) is 21.6 Å². The normalized spacial score (nSPS) is 12.9. The van der Waals surface area contributed by atoms with E-state index in [1.807, 2.05) is 0 Å². The number of sulfonamides is 1. The summed E-state index contributed by atoms with van der Waals surface area (Å²) in [7, 11) is -2.82. The van der Waals surface area contributed by atoms with Crippen LogP contribution in [0.4, 0.5) is 13.2 Å². The Balaban J connectivity index is 3.04. The summed E-state index contributed by atoms with van der Waals surface area (Å²) in [4.78, 5) is -0.0136. The van der Waals surface area contributed by atoms with E-state index in [1.165, 1.54) is 6.07 Å². The number of hydrogen-bond acceptors (Lipinski definition) is 2. The molecule has 0 amide bonds. The van der Waals surface area contributed by atoms with Crippen molar-refractivity contribution in [2.24, 2.45) is 0 Å². The Morgan fingerprint density at radius 3 is 2.40 bits per heavy atom. The molecule has 0 aromatic heterocycles. The van der Waals surface area contributed by atoms with Crippen LogP contribution in [0, 0.1) is 6.92 Å². The monoisotopic (exact) mass is 329 g/mol. The molecule has 0 unspecified atom stereocenters. The molecule has 0 aliphatic rings. The number of benzene rings is 1. The van der Waals surface area contributed by atoms with Crippen LogP contribution in [0.1, 0.15) is 17.5 Å². The van der Waals surface area contributed by atoms with Crippen LogP contribution in [-0.2, 0) is 15.9 Å². The topological polar surface area (TPSA) is 37.4 Å². The standard InChI is InChI=1S/C12H15ClF3NO2S/c1-9-3-4-10(8-13)7-11(9)20(18,19)17(2)6-5-12(14,15)16/h3-4,7H,5-6,8H2,1-2H3. The summed E-state index contributed by atoms with van der Waals surface area (Å²) in [6, 6.07) is 4.65. The number of halogens is 4. The summed E-state index contributed by atoms with van der Waals surface area (Å²) in [5, 5.41) is 0. The third-order valence-corrected chi connectivity index (χ3v) is 5.11. The highest BCUT2D eigenvalue weighted by Gasteiger charge is 2.31. The highest BCUT2D eigenvalue weighted by molar-refractivity contribution is 7.89. The molecule has 0 saturated carbocycles. The van der Waals surface area contributed by atoms with Crippen molar-refractivity contribution in [2.45, 2.75) is 30.3 Å². The van der Waals surface area contributed by atoms with E-state index in [0.717, 1.165) is 7.05 Å². The lowest BCUT2D eigenvalue weighted by molar-refractivity contribution is -0.135. The van der Waals surface area contributed by atoms with Crippen molar-refractivity contribution < 1.29 is 21.6 Å². The maximum Gasteiger partial charge on any atom is 0.390 e. The number of alkyl halides is 4. The number of hydrogen-bond donors (Lipinski definition) is 0. The van der Waals surface area contributed by atoms with Crippen LogP contribution >= 0.6 is 11.6 Å². The predicted molar refractivity (Wildman–Crippen MR) is 71.2 cm³/mol. The Hall–Kier alpha value is -0.790. The maximum absolute atomic E-state index is 12.3. The van der Waals surface area contributed by atoms with Gasteiger partial charge in [-0.2, -0.15) is 13.2 Å². The third kappa shape index (κ3) is 4.36. The van der Waals surface area contributed by atoms with Gasteiger partial charge in [-0.3, -0.25) is 0 Å². The second-order valence-electron chi connectivity index (χ2n) is 4.43. The Bertz CT molecular complexity index is 573. The summed E-state index contributed by atoms with van der Waals surface area (Å²) in [5.74, 6) is 0.134. The van der Waals surface area contributed by atoms with Crippen LogP contribution in [0.15, 0.2) is 23.1 Å². The summed E-state index contributed by atoms with van der Waals surface area (Å²) in [6.07, 6.45) is -5.58. The van der Waals surface area contributed by atoms with Crippen molar-refractivity contribution in [3.63, 3.8) is 0 Å². The molecule has 8 heteroatoms. The Morgan fingerprint density at radius 2 is 1.90 bits per heavy atom. The zero-order chi connectivity index (χ0) is 15.6. The van der Waals surface area contributed by atoms with Crippen molar-refractivity contribution in [1.29, 1.82) is 0 Å². The van der Waals surface area contributed by atoms with Crippen LogP contribution in [0.25, 0.3) is 0 Å². The highest BCUT2D eigenvalue weighted by atomic mass is 35.5. The van der Waals surface area contributed by atoms with E-state index in [1.54, 1.807) is 19.1 Å². The first-order chi connectivity index (χ1) is 9.08. The maximum atomic E-state index is 12.3. The average Bonchev–Trinajstić information content (AvgIpc) is 2.35. The quantitative estimate of drug-likeness (QED) is 0.777. The molecule has 1 rings (SSSR count). The zero-order valence-electron chi connectivity index (χ0n) is 11.0.